The van der Waals surface area contributed by atoms with Gasteiger partial charge in [-0.1, -0.05) is 36.0 Å². The lowest BCUT2D eigenvalue weighted by molar-refractivity contribution is 0.0951. The molecule has 0 aliphatic rings. The fraction of sp³-hybridized carbons (Fsp3) is 0.160. The molecule has 0 saturated heterocycles. The van der Waals surface area contributed by atoms with Crippen LogP contribution >= 0.6 is 11.8 Å². The number of methoxy groups -OCH3 is 1. The first-order valence-corrected chi connectivity index (χ1v) is 11.5. The number of ether oxygens (including phenoxy) is 1. The molecule has 3 aromatic carbocycles. The Balaban J connectivity index is 1.40. The number of rotatable bonds is 9. The molecule has 0 saturated carbocycles. The van der Waals surface area contributed by atoms with Crippen molar-refractivity contribution in [3.8, 4) is 5.69 Å². The molecule has 174 valence electrons. The third-order valence-corrected chi connectivity index (χ3v) is 6.01. The predicted molar refractivity (Wildman–Crippen MR) is 126 cm³/mol. The lowest BCUT2D eigenvalue weighted by Crippen LogP contribution is -2.22. The number of aromatic nitrogens is 3. The topological polar surface area (TPSA) is 69.0 Å². The van der Waals surface area contributed by atoms with Crippen molar-refractivity contribution in [1.82, 2.24) is 20.1 Å². The summed E-state index contributed by atoms with van der Waals surface area (Å²) < 4.78 is 33.4. The zero-order valence-corrected chi connectivity index (χ0v) is 19.2. The Labute approximate surface area is 200 Å². The molecule has 34 heavy (non-hydrogen) atoms. The van der Waals surface area contributed by atoms with Crippen LogP contribution in [0.15, 0.2) is 78.0 Å². The molecular formula is C25H22F2N4O2S. The monoisotopic (exact) mass is 480 g/mol. The Morgan fingerprint density at radius 2 is 1.53 bits per heavy atom. The molecule has 0 aliphatic carbocycles. The summed E-state index contributed by atoms with van der Waals surface area (Å²) in [7, 11) is 1.58. The average molecular weight is 481 g/mol. The molecule has 0 fully saturated rings. The van der Waals surface area contributed by atoms with Crippen LogP contribution in [-0.4, -0.2) is 27.8 Å². The largest absolute Gasteiger partial charge is 0.377 e. The third kappa shape index (κ3) is 5.86. The van der Waals surface area contributed by atoms with Gasteiger partial charge in [0.2, 0.25) is 0 Å². The van der Waals surface area contributed by atoms with Crippen molar-refractivity contribution in [2.24, 2.45) is 0 Å². The van der Waals surface area contributed by atoms with Crippen molar-refractivity contribution in [2.45, 2.75) is 24.1 Å². The quantitative estimate of drug-likeness (QED) is 0.345. The molecule has 0 atom stereocenters. The van der Waals surface area contributed by atoms with E-state index in [4.69, 9.17) is 4.74 Å². The fourth-order valence-electron chi connectivity index (χ4n) is 3.25. The maximum absolute atomic E-state index is 13.4. The van der Waals surface area contributed by atoms with E-state index in [9.17, 15) is 13.6 Å². The Morgan fingerprint density at radius 3 is 2.18 bits per heavy atom. The van der Waals surface area contributed by atoms with Crippen molar-refractivity contribution in [1.29, 1.82) is 0 Å². The minimum atomic E-state index is -0.318. The van der Waals surface area contributed by atoms with E-state index in [1.165, 1.54) is 36.0 Å². The van der Waals surface area contributed by atoms with Crippen LogP contribution in [-0.2, 0) is 23.6 Å². The van der Waals surface area contributed by atoms with Gasteiger partial charge < -0.3 is 10.1 Å². The molecule has 4 aromatic rings. The Hall–Kier alpha value is -3.56. The molecule has 9 heteroatoms. The zero-order chi connectivity index (χ0) is 23.9. The molecule has 1 N–H and O–H groups in total. The van der Waals surface area contributed by atoms with Gasteiger partial charge in [0, 0.05) is 30.7 Å². The summed E-state index contributed by atoms with van der Waals surface area (Å²) in [6.45, 7) is 0.590. The highest BCUT2D eigenvalue weighted by molar-refractivity contribution is 7.98. The van der Waals surface area contributed by atoms with Gasteiger partial charge in [0.25, 0.3) is 5.91 Å². The van der Waals surface area contributed by atoms with Crippen LogP contribution < -0.4 is 5.32 Å². The molecule has 6 nitrogen and oxygen atoms in total. The molecule has 4 rings (SSSR count). The molecule has 1 amide bonds. The van der Waals surface area contributed by atoms with E-state index in [-0.39, 0.29) is 24.1 Å². The van der Waals surface area contributed by atoms with Crippen molar-refractivity contribution in [2.75, 3.05) is 7.11 Å². The van der Waals surface area contributed by atoms with E-state index in [1.807, 2.05) is 16.7 Å². The smallest absolute Gasteiger partial charge is 0.251 e. The van der Waals surface area contributed by atoms with E-state index in [2.05, 4.69) is 15.5 Å². The molecule has 0 aliphatic heterocycles. The van der Waals surface area contributed by atoms with Gasteiger partial charge in [-0.05, 0) is 59.7 Å². The van der Waals surface area contributed by atoms with Gasteiger partial charge in [0.1, 0.15) is 18.2 Å². The highest BCUT2D eigenvalue weighted by Crippen LogP contribution is 2.26. The SMILES string of the molecule is COCc1nnc(SCc2ccc(C(=O)NCc3ccc(F)cc3)cc2)n1-c1ccc(F)cc1. The van der Waals surface area contributed by atoms with Crippen molar-refractivity contribution < 1.29 is 18.3 Å². The number of thioether (sulfide) groups is 1. The van der Waals surface area contributed by atoms with Crippen LogP contribution in [0, 0.1) is 11.6 Å². The summed E-state index contributed by atoms with van der Waals surface area (Å²) in [5.41, 5.74) is 3.10. The van der Waals surface area contributed by atoms with Gasteiger partial charge in [0.05, 0.1) is 0 Å². The predicted octanol–water partition coefficient (Wildman–Crippen LogP) is 4.91. The van der Waals surface area contributed by atoms with Gasteiger partial charge in [-0.3, -0.25) is 9.36 Å². The number of nitrogens with one attached hydrogen (secondary N) is 1. The summed E-state index contributed by atoms with van der Waals surface area (Å²) in [5.74, 6) is 0.383. The first-order valence-electron chi connectivity index (χ1n) is 10.5. The Morgan fingerprint density at radius 1 is 0.912 bits per heavy atom. The normalized spacial score (nSPS) is 10.9. The second kappa shape index (κ2) is 11.0. The maximum Gasteiger partial charge on any atom is 0.251 e. The number of benzene rings is 3. The highest BCUT2D eigenvalue weighted by Gasteiger charge is 2.15. The van der Waals surface area contributed by atoms with E-state index in [1.54, 1.807) is 43.5 Å². The maximum atomic E-state index is 13.4. The molecule has 1 aromatic heterocycles. The number of nitrogens with zero attached hydrogens (tertiary/aromatic N) is 3. The van der Waals surface area contributed by atoms with Crippen LogP contribution in [0.5, 0.6) is 0 Å². The van der Waals surface area contributed by atoms with Gasteiger partial charge in [0.15, 0.2) is 11.0 Å². The van der Waals surface area contributed by atoms with Gasteiger partial charge in [-0.25, -0.2) is 8.78 Å². The Kier molecular flexibility index (Phi) is 7.66. The van der Waals surface area contributed by atoms with E-state index in [0.29, 0.717) is 28.8 Å². The van der Waals surface area contributed by atoms with E-state index >= 15 is 0 Å². The number of carbonyl (C=O) groups excluding carboxylic acids is 1. The molecule has 0 spiro atoms. The lowest BCUT2D eigenvalue weighted by Gasteiger charge is -2.10. The van der Waals surface area contributed by atoms with Gasteiger partial charge >= 0.3 is 0 Å². The fourth-order valence-corrected chi connectivity index (χ4v) is 4.18. The lowest BCUT2D eigenvalue weighted by atomic mass is 10.1. The highest BCUT2D eigenvalue weighted by atomic mass is 32.2. The summed E-state index contributed by atoms with van der Waals surface area (Å²) in [6, 6.07) is 19.4. The van der Waals surface area contributed by atoms with Crippen molar-refractivity contribution >= 4 is 17.7 Å². The number of hydrogen-bond donors (Lipinski definition) is 1. The molecule has 0 bridgehead atoms. The summed E-state index contributed by atoms with van der Waals surface area (Å²) in [6.07, 6.45) is 0. The number of carbonyl (C=O) groups is 1. The molecular weight excluding hydrogens is 458 g/mol. The number of hydrogen-bond acceptors (Lipinski definition) is 5. The average Bonchev–Trinajstić information content (AvgIpc) is 3.25. The minimum absolute atomic E-state index is 0.205. The molecule has 0 radical (unpaired) electrons. The number of amides is 1. The minimum Gasteiger partial charge on any atom is -0.377 e. The van der Waals surface area contributed by atoms with E-state index in [0.717, 1.165) is 16.8 Å². The Bertz CT molecular complexity index is 1240. The molecule has 0 unspecified atom stereocenters. The van der Waals surface area contributed by atoms with Gasteiger partial charge in [-0.2, -0.15) is 0 Å². The summed E-state index contributed by atoms with van der Waals surface area (Å²) in [4.78, 5) is 12.4. The first kappa shape index (κ1) is 23.6. The second-order valence-electron chi connectivity index (χ2n) is 7.44. The number of halogens is 2. The first-order chi connectivity index (χ1) is 16.5. The van der Waals surface area contributed by atoms with Crippen molar-refractivity contribution in [3.63, 3.8) is 0 Å². The van der Waals surface area contributed by atoms with Crippen molar-refractivity contribution in [3.05, 3.63) is 107 Å². The van der Waals surface area contributed by atoms with Gasteiger partial charge in [-0.15, -0.1) is 10.2 Å². The van der Waals surface area contributed by atoms with Crippen LogP contribution in [0.25, 0.3) is 5.69 Å². The van der Waals surface area contributed by atoms with Crippen LogP contribution in [0.3, 0.4) is 0 Å². The van der Waals surface area contributed by atoms with Crippen LogP contribution in [0.1, 0.15) is 27.3 Å². The molecule has 1 heterocycles. The van der Waals surface area contributed by atoms with Crippen LogP contribution in [0.2, 0.25) is 0 Å². The van der Waals surface area contributed by atoms with E-state index < -0.39 is 0 Å². The third-order valence-electron chi connectivity index (χ3n) is 5.01. The van der Waals surface area contributed by atoms with Crippen LogP contribution in [0.4, 0.5) is 8.78 Å². The second-order valence-corrected chi connectivity index (χ2v) is 8.38. The summed E-state index contributed by atoms with van der Waals surface area (Å²) >= 11 is 1.48. The summed E-state index contributed by atoms with van der Waals surface area (Å²) in [5, 5.41) is 12.0. The zero-order valence-electron chi connectivity index (χ0n) is 18.4. The standard InChI is InChI=1S/C25H22F2N4O2S/c1-33-15-23-29-30-25(31(23)22-12-10-21(27)11-13-22)34-16-18-2-6-19(7-3-18)24(32)28-14-17-4-8-20(26)9-5-17/h2-13H,14-16H2,1H3,(H,28,32).